The molecule has 1 aromatic heterocycles. The summed E-state index contributed by atoms with van der Waals surface area (Å²) < 4.78 is 26.9. The quantitative estimate of drug-likeness (QED) is 0.868. The standard InChI is InChI=1S/C13H11F2NO/c1-8-5-6-16-11(7-8)13(17)12-9(14)3-2-4-10(12)15/h2-7,13,17H,1H3. The molecule has 2 nitrogen and oxygen atoms in total. The summed E-state index contributed by atoms with van der Waals surface area (Å²) in [5.41, 5.74) is 0.727. The summed E-state index contributed by atoms with van der Waals surface area (Å²) in [5.74, 6) is -1.55. The van der Waals surface area contributed by atoms with Crippen LogP contribution in [0.15, 0.2) is 36.5 Å². The van der Waals surface area contributed by atoms with Gasteiger partial charge in [0.15, 0.2) is 0 Å². The Bertz CT molecular complexity index is 522. The average molecular weight is 235 g/mol. The van der Waals surface area contributed by atoms with Gasteiger partial charge in [-0.25, -0.2) is 8.78 Å². The zero-order chi connectivity index (χ0) is 12.4. The molecule has 2 aromatic rings. The highest BCUT2D eigenvalue weighted by molar-refractivity contribution is 5.29. The van der Waals surface area contributed by atoms with Gasteiger partial charge in [0.05, 0.1) is 11.3 Å². The zero-order valence-corrected chi connectivity index (χ0v) is 9.19. The summed E-state index contributed by atoms with van der Waals surface area (Å²) in [7, 11) is 0. The number of rotatable bonds is 2. The number of aliphatic hydroxyl groups excluding tert-OH is 1. The van der Waals surface area contributed by atoms with Crippen molar-refractivity contribution in [3.63, 3.8) is 0 Å². The van der Waals surface area contributed by atoms with Gasteiger partial charge in [0.1, 0.15) is 17.7 Å². The average Bonchev–Trinajstić information content (AvgIpc) is 2.28. The zero-order valence-electron chi connectivity index (χ0n) is 9.19. The molecule has 0 bridgehead atoms. The third kappa shape index (κ3) is 2.31. The van der Waals surface area contributed by atoms with E-state index in [4.69, 9.17) is 0 Å². The van der Waals surface area contributed by atoms with E-state index in [2.05, 4.69) is 4.98 Å². The lowest BCUT2D eigenvalue weighted by Crippen LogP contribution is -2.07. The van der Waals surface area contributed by atoms with E-state index in [0.29, 0.717) is 0 Å². The van der Waals surface area contributed by atoms with E-state index in [9.17, 15) is 13.9 Å². The van der Waals surface area contributed by atoms with Crippen LogP contribution in [0.1, 0.15) is 22.9 Å². The summed E-state index contributed by atoms with van der Waals surface area (Å²) >= 11 is 0. The lowest BCUT2D eigenvalue weighted by molar-refractivity contribution is 0.204. The van der Waals surface area contributed by atoms with Gasteiger partial charge in [-0.15, -0.1) is 0 Å². The molecular formula is C13H11F2NO. The summed E-state index contributed by atoms with van der Waals surface area (Å²) in [4.78, 5) is 3.91. The molecule has 4 heteroatoms. The molecular weight excluding hydrogens is 224 g/mol. The van der Waals surface area contributed by atoms with Crippen LogP contribution in [-0.2, 0) is 0 Å². The number of aliphatic hydroxyl groups is 1. The first kappa shape index (κ1) is 11.7. The molecule has 0 radical (unpaired) electrons. The van der Waals surface area contributed by atoms with E-state index >= 15 is 0 Å². The van der Waals surface area contributed by atoms with Crippen molar-refractivity contribution < 1.29 is 13.9 Å². The predicted octanol–water partition coefficient (Wildman–Crippen LogP) is 2.75. The molecule has 1 aromatic carbocycles. The van der Waals surface area contributed by atoms with Crippen LogP contribution in [0, 0.1) is 18.6 Å². The minimum Gasteiger partial charge on any atom is -0.382 e. The monoisotopic (exact) mass is 235 g/mol. The smallest absolute Gasteiger partial charge is 0.132 e. The Hall–Kier alpha value is -1.81. The third-order valence-corrected chi connectivity index (χ3v) is 2.49. The Kier molecular flexibility index (Phi) is 3.15. The van der Waals surface area contributed by atoms with Crippen LogP contribution in [0.3, 0.4) is 0 Å². The van der Waals surface area contributed by atoms with Gasteiger partial charge >= 0.3 is 0 Å². The molecule has 2 rings (SSSR count). The first-order chi connectivity index (χ1) is 8.09. The molecule has 1 N–H and O–H groups in total. The van der Waals surface area contributed by atoms with Gasteiger partial charge in [0.25, 0.3) is 0 Å². The molecule has 1 unspecified atom stereocenters. The molecule has 17 heavy (non-hydrogen) atoms. The number of benzene rings is 1. The van der Waals surface area contributed by atoms with Crippen LogP contribution in [0.5, 0.6) is 0 Å². The van der Waals surface area contributed by atoms with Crippen molar-refractivity contribution in [3.8, 4) is 0 Å². The van der Waals surface area contributed by atoms with E-state index in [0.717, 1.165) is 17.7 Å². The second kappa shape index (κ2) is 4.59. The number of pyridine rings is 1. The van der Waals surface area contributed by atoms with E-state index in [1.807, 2.05) is 6.92 Å². The van der Waals surface area contributed by atoms with Crippen LogP contribution in [0.25, 0.3) is 0 Å². The van der Waals surface area contributed by atoms with Gasteiger partial charge in [0.2, 0.25) is 0 Å². The first-order valence-electron chi connectivity index (χ1n) is 5.14. The number of aromatic nitrogens is 1. The number of halogens is 2. The summed E-state index contributed by atoms with van der Waals surface area (Å²) in [6.07, 6.45) is 0.100. The summed E-state index contributed by atoms with van der Waals surface area (Å²) in [6, 6.07) is 6.81. The van der Waals surface area contributed by atoms with Gasteiger partial charge in [0, 0.05) is 6.20 Å². The predicted molar refractivity (Wildman–Crippen MR) is 59.4 cm³/mol. The lowest BCUT2D eigenvalue weighted by Gasteiger charge is -2.12. The molecule has 88 valence electrons. The van der Waals surface area contributed by atoms with E-state index in [1.165, 1.54) is 12.3 Å². The van der Waals surface area contributed by atoms with Crippen molar-refractivity contribution in [2.45, 2.75) is 13.0 Å². The fourth-order valence-electron chi connectivity index (χ4n) is 1.63. The normalized spacial score (nSPS) is 12.5. The number of aryl methyl sites for hydroxylation is 1. The molecule has 0 aliphatic carbocycles. The highest BCUT2D eigenvalue weighted by Crippen LogP contribution is 2.25. The van der Waals surface area contributed by atoms with Crippen molar-refractivity contribution in [1.82, 2.24) is 4.98 Å². The Morgan fingerprint density at radius 1 is 1.18 bits per heavy atom. The lowest BCUT2D eigenvalue weighted by atomic mass is 10.0. The molecule has 0 saturated heterocycles. The minimum atomic E-state index is -1.39. The van der Waals surface area contributed by atoms with Crippen molar-refractivity contribution >= 4 is 0 Å². The maximum absolute atomic E-state index is 13.5. The third-order valence-electron chi connectivity index (χ3n) is 2.49. The molecule has 0 aliphatic heterocycles. The largest absolute Gasteiger partial charge is 0.382 e. The summed E-state index contributed by atoms with van der Waals surface area (Å²) in [6.45, 7) is 1.82. The second-order valence-electron chi connectivity index (χ2n) is 3.80. The highest BCUT2D eigenvalue weighted by Gasteiger charge is 2.20. The van der Waals surface area contributed by atoms with E-state index in [1.54, 1.807) is 12.1 Å². The SMILES string of the molecule is Cc1ccnc(C(O)c2c(F)cccc2F)c1. The maximum Gasteiger partial charge on any atom is 0.132 e. The first-order valence-corrected chi connectivity index (χ1v) is 5.14. The fourth-order valence-corrected chi connectivity index (χ4v) is 1.63. The van der Waals surface area contributed by atoms with Gasteiger partial charge in [-0.1, -0.05) is 6.07 Å². The molecule has 1 atom stereocenters. The Labute approximate surface area is 97.6 Å². The molecule has 0 aliphatic rings. The van der Waals surface area contributed by atoms with Crippen LogP contribution in [-0.4, -0.2) is 10.1 Å². The van der Waals surface area contributed by atoms with Crippen molar-refractivity contribution in [2.75, 3.05) is 0 Å². The summed E-state index contributed by atoms with van der Waals surface area (Å²) in [5, 5.41) is 9.94. The Morgan fingerprint density at radius 2 is 1.82 bits per heavy atom. The fraction of sp³-hybridized carbons (Fsp3) is 0.154. The van der Waals surface area contributed by atoms with Gasteiger partial charge < -0.3 is 5.11 Å². The molecule has 0 spiro atoms. The minimum absolute atomic E-state index is 0.231. The van der Waals surface area contributed by atoms with Gasteiger partial charge in [-0.3, -0.25) is 4.98 Å². The maximum atomic E-state index is 13.5. The molecule has 0 fully saturated rings. The molecule has 0 saturated carbocycles. The second-order valence-corrected chi connectivity index (χ2v) is 3.80. The molecule has 0 amide bonds. The number of hydrogen-bond acceptors (Lipinski definition) is 2. The van der Waals surface area contributed by atoms with Crippen molar-refractivity contribution in [2.24, 2.45) is 0 Å². The van der Waals surface area contributed by atoms with Gasteiger partial charge in [-0.05, 0) is 36.8 Å². The van der Waals surface area contributed by atoms with Crippen LogP contribution >= 0.6 is 0 Å². The van der Waals surface area contributed by atoms with Crippen LogP contribution < -0.4 is 0 Å². The number of hydrogen-bond donors (Lipinski definition) is 1. The Balaban J connectivity index is 2.47. The van der Waals surface area contributed by atoms with Crippen LogP contribution in [0.4, 0.5) is 8.78 Å². The topological polar surface area (TPSA) is 33.1 Å². The molecule has 1 heterocycles. The Morgan fingerprint density at radius 3 is 2.41 bits per heavy atom. The van der Waals surface area contributed by atoms with Crippen LogP contribution in [0.2, 0.25) is 0 Å². The van der Waals surface area contributed by atoms with E-state index in [-0.39, 0.29) is 11.3 Å². The van der Waals surface area contributed by atoms with Gasteiger partial charge in [-0.2, -0.15) is 0 Å². The van der Waals surface area contributed by atoms with Crippen molar-refractivity contribution in [1.29, 1.82) is 0 Å². The van der Waals surface area contributed by atoms with E-state index < -0.39 is 17.7 Å². The number of nitrogens with zero attached hydrogens (tertiary/aromatic N) is 1. The highest BCUT2D eigenvalue weighted by atomic mass is 19.1. The van der Waals surface area contributed by atoms with Crippen molar-refractivity contribution in [3.05, 3.63) is 65.0 Å².